The van der Waals surface area contributed by atoms with E-state index in [0.717, 1.165) is 0 Å². The molecule has 1 aromatic rings. The van der Waals surface area contributed by atoms with Gasteiger partial charge in [0.1, 0.15) is 0 Å². The van der Waals surface area contributed by atoms with Gasteiger partial charge in [0.05, 0.1) is 0 Å². The van der Waals surface area contributed by atoms with Crippen LogP contribution in [0.1, 0.15) is 5.56 Å². The van der Waals surface area contributed by atoms with Gasteiger partial charge >= 0.3 is 0 Å². The van der Waals surface area contributed by atoms with Gasteiger partial charge in [-0.2, -0.15) is 0 Å². The van der Waals surface area contributed by atoms with Crippen LogP contribution in [0, 0.1) is 10.5 Å². The Balaban J connectivity index is 3.21. The molecule has 0 aliphatic heterocycles. The van der Waals surface area contributed by atoms with Crippen LogP contribution in [0.4, 0.5) is 0 Å². The van der Waals surface area contributed by atoms with E-state index >= 15 is 0 Å². The molecule has 0 aliphatic rings. The van der Waals surface area contributed by atoms with Gasteiger partial charge in [-0.1, -0.05) is 0 Å². The van der Waals surface area contributed by atoms with Gasteiger partial charge in [0, 0.05) is 12.9 Å². The van der Waals surface area contributed by atoms with Crippen molar-refractivity contribution in [1.82, 2.24) is 0 Å². The third-order valence-corrected chi connectivity index (χ3v) is 4.61. The van der Waals surface area contributed by atoms with Crippen LogP contribution in [0.15, 0.2) is 21.5 Å². The molecule has 0 spiro atoms. The van der Waals surface area contributed by atoms with E-state index in [0.29, 0.717) is 0 Å². The van der Waals surface area contributed by atoms with Crippen molar-refractivity contribution in [3.63, 3.8) is 0 Å². The van der Waals surface area contributed by atoms with Crippen molar-refractivity contribution < 1.29 is 0 Å². The summed E-state index contributed by atoms with van der Waals surface area (Å²) in [6.45, 7) is 2.14. The monoisotopic (exact) mass is 342 g/mol. The maximum Gasteiger partial charge on any atom is 0.0320 e. The van der Waals surface area contributed by atoms with E-state index in [-0.39, 0.29) is 0 Å². The first-order valence-electron chi connectivity index (χ1n) is 3.15. The molecule has 0 aromatic heterocycles. The lowest BCUT2D eigenvalue weighted by atomic mass is 10.2. The zero-order chi connectivity index (χ0) is 8.43. The van der Waals surface area contributed by atoms with Crippen molar-refractivity contribution in [1.29, 1.82) is 0 Å². The van der Waals surface area contributed by atoms with Gasteiger partial charge in [-0.05, 0) is 69.4 Å². The Labute approximate surface area is 93.4 Å². The van der Waals surface area contributed by atoms with Crippen molar-refractivity contribution in [3.05, 3.63) is 25.7 Å². The van der Waals surface area contributed by atoms with E-state index in [9.17, 15) is 0 Å². The average Bonchev–Trinajstić information content (AvgIpc) is 1.97. The van der Waals surface area contributed by atoms with Crippen LogP contribution in [0.25, 0.3) is 0 Å². The number of thioether (sulfide) groups is 1. The van der Waals surface area contributed by atoms with E-state index in [1.165, 1.54) is 18.5 Å². The molecule has 1 aromatic carbocycles. The summed E-state index contributed by atoms with van der Waals surface area (Å²) in [5.74, 6) is 0. The highest BCUT2D eigenvalue weighted by atomic mass is 127. The molecule has 0 N–H and O–H groups in total. The van der Waals surface area contributed by atoms with Crippen molar-refractivity contribution in [2.45, 2.75) is 11.8 Å². The summed E-state index contributed by atoms with van der Waals surface area (Å²) < 4.78 is 2.46. The van der Waals surface area contributed by atoms with Crippen molar-refractivity contribution in [3.8, 4) is 0 Å². The van der Waals surface area contributed by atoms with Gasteiger partial charge < -0.3 is 0 Å². The van der Waals surface area contributed by atoms with Crippen molar-refractivity contribution in [2.24, 2.45) is 0 Å². The zero-order valence-corrected chi connectivity index (χ0v) is 10.9. The molecule has 0 nitrogen and oxygen atoms in total. The third-order valence-electron chi connectivity index (χ3n) is 1.44. The summed E-state index contributed by atoms with van der Waals surface area (Å²) in [7, 11) is 0. The standard InChI is InChI=1S/C8H8BrIS/c1-5-3-7(10)6(9)4-8(5)11-2/h3-4H,1-2H3. The first kappa shape index (κ1) is 9.86. The first-order valence-corrected chi connectivity index (χ1v) is 6.24. The lowest BCUT2D eigenvalue weighted by molar-refractivity contribution is 1.28. The minimum absolute atomic E-state index is 1.19. The highest BCUT2D eigenvalue weighted by molar-refractivity contribution is 14.1. The molecule has 0 saturated heterocycles. The lowest BCUT2D eigenvalue weighted by Gasteiger charge is -2.04. The maximum absolute atomic E-state index is 3.50. The number of rotatable bonds is 1. The van der Waals surface area contributed by atoms with Crippen molar-refractivity contribution >= 4 is 50.3 Å². The molecule has 1 rings (SSSR count). The van der Waals surface area contributed by atoms with Crippen molar-refractivity contribution in [2.75, 3.05) is 6.26 Å². The Morgan fingerprint density at radius 3 is 2.64 bits per heavy atom. The zero-order valence-electron chi connectivity index (χ0n) is 6.32. The fourth-order valence-electron chi connectivity index (χ4n) is 0.848. The Kier molecular flexibility index (Phi) is 3.71. The molecule has 0 unspecified atom stereocenters. The minimum atomic E-state index is 1.19. The van der Waals surface area contributed by atoms with Crippen LogP contribution in [0.2, 0.25) is 0 Å². The van der Waals surface area contributed by atoms with Gasteiger partial charge in [-0.3, -0.25) is 0 Å². The highest BCUT2D eigenvalue weighted by Crippen LogP contribution is 2.28. The quantitative estimate of drug-likeness (QED) is 0.547. The molecule has 0 atom stereocenters. The lowest BCUT2D eigenvalue weighted by Crippen LogP contribution is -1.82. The predicted octanol–water partition coefficient (Wildman–Crippen LogP) is 4.08. The molecule has 0 aliphatic carbocycles. The second-order valence-electron chi connectivity index (χ2n) is 2.24. The first-order chi connectivity index (χ1) is 5.15. The maximum atomic E-state index is 3.50. The molecule has 3 heteroatoms. The van der Waals surface area contributed by atoms with Crippen LogP contribution in [-0.2, 0) is 0 Å². The van der Waals surface area contributed by atoms with Gasteiger partial charge in [0.25, 0.3) is 0 Å². The molecule has 0 heterocycles. The largest absolute Gasteiger partial charge is 0.129 e. The summed E-state index contributed by atoms with van der Waals surface area (Å²) in [5, 5.41) is 0. The Morgan fingerprint density at radius 2 is 2.09 bits per heavy atom. The normalized spacial score (nSPS) is 10.2. The number of benzene rings is 1. The number of halogens is 2. The molecular weight excluding hydrogens is 335 g/mol. The Morgan fingerprint density at radius 1 is 1.45 bits per heavy atom. The second-order valence-corrected chi connectivity index (χ2v) is 5.10. The molecule has 11 heavy (non-hydrogen) atoms. The van der Waals surface area contributed by atoms with E-state index in [2.05, 4.69) is 63.8 Å². The molecule has 0 amide bonds. The summed E-state index contributed by atoms with van der Waals surface area (Å²) in [6, 6.07) is 4.36. The van der Waals surface area contributed by atoms with Gasteiger partial charge in [-0.15, -0.1) is 11.8 Å². The molecule has 60 valence electrons. The van der Waals surface area contributed by atoms with Crippen LogP contribution in [0.3, 0.4) is 0 Å². The predicted molar refractivity (Wildman–Crippen MR) is 63.4 cm³/mol. The molecule has 0 saturated carbocycles. The molecule has 0 fully saturated rings. The summed E-state index contributed by atoms with van der Waals surface area (Å²) in [4.78, 5) is 1.34. The van der Waals surface area contributed by atoms with Crippen LogP contribution in [0.5, 0.6) is 0 Å². The molecule has 0 radical (unpaired) electrons. The Bertz CT molecular complexity index is 273. The van der Waals surface area contributed by atoms with E-state index in [4.69, 9.17) is 0 Å². The average molecular weight is 343 g/mol. The van der Waals surface area contributed by atoms with E-state index in [1.54, 1.807) is 11.8 Å². The van der Waals surface area contributed by atoms with Gasteiger partial charge in [0.2, 0.25) is 0 Å². The third kappa shape index (κ3) is 2.36. The SMILES string of the molecule is CSc1cc(Br)c(I)cc1C. The van der Waals surface area contributed by atoms with Gasteiger partial charge in [-0.25, -0.2) is 0 Å². The summed E-state index contributed by atoms with van der Waals surface area (Å²) in [5.41, 5.74) is 1.35. The fraction of sp³-hybridized carbons (Fsp3) is 0.250. The van der Waals surface area contributed by atoms with Crippen LogP contribution in [-0.4, -0.2) is 6.26 Å². The Hall–Kier alpha value is 0.780. The van der Waals surface area contributed by atoms with E-state index < -0.39 is 0 Å². The summed E-state index contributed by atoms with van der Waals surface area (Å²) >= 11 is 7.61. The van der Waals surface area contributed by atoms with Crippen LogP contribution < -0.4 is 0 Å². The smallest absolute Gasteiger partial charge is 0.0320 e. The number of aryl methyl sites for hydroxylation is 1. The molecular formula is C8H8BrIS. The second kappa shape index (κ2) is 4.14. The van der Waals surface area contributed by atoms with Crippen LogP contribution >= 0.6 is 50.3 Å². The summed E-state index contributed by atoms with van der Waals surface area (Å²) in [6.07, 6.45) is 2.10. The topological polar surface area (TPSA) is 0 Å². The number of hydrogen-bond acceptors (Lipinski definition) is 1. The van der Waals surface area contributed by atoms with E-state index in [1.807, 2.05) is 0 Å². The fourth-order valence-corrected chi connectivity index (χ4v) is 2.58. The highest BCUT2D eigenvalue weighted by Gasteiger charge is 2.01. The minimum Gasteiger partial charge on any atom is -0.129 e. The number of hydrogen-bond donors (Lipinski definition) is 0. The van der Waals surface area contributed by atoms with Gasteiger partial charge in [0.15, 0.2) is 0 Å². The molecule has 0 bridgehead atoms.